The molecule has 0 aliphatic heterocycles. The number of ether oxygens (including phenoxy) is 1. The van der Waals surface area contributed by atoms with Crippen molar-refractivity contribution in [2.45, 2.75) is 13.8 Å². The second-order valence-electron chi connectivity index (χ2n) is 4.95. The molecule has 0 saturated heterocycles. The van der Waals surface area contributed by atoms with Gasteiger partial charge in [-0.05, 0) is 68.5 Å². The summed E-state index contributed by atoms with van der Waals surface area (Å²) in [5, 5.41) is 15.6. The van der Waals surface area contributed by atoms with E-state index >= 15 is 0 Å². The van der Waals surface area contributed by atoms with Crippen LogP contribution in [-0.4, -0.2) is 16.7 Å². The summed E-state index contributed by atoms with van der Waals surface area (Å²) in [6.45, 7) is 4.56. The second kappa shape index (κ2) is 8.19. The molecule has 0 aliphatic rings. The summed E-state index contributed by atoms with van der Waals surface area (Å²) in [5.41, 5.74) is 2.72. The van der Waals surface area contributed by atoms with E-state index in [1.54, 1.807) is 24.3 Å². The molecular formula is C18H20N2O2S. The maximum Gasteiger partial charge on any atom is 0.119 e. The van der Waals surface area contributed by atoms with Crippen LogP contribution in [0.3, 0.4) is 0 Å². The van der Waals surface area contributed by atoms with Crippen LogP contribution in [0, 0.1) is 0 Å². The summed E-state index contributed by atoms with van der Waals surface area (Å²) in [6, 6.07) is 14.5. The first-order valence-electron chi connectivity index (χ1n) is 7.35. The lowest BCUT2D eigenvalue weighted by Gasteiger charge is -2.10. The summed E-state index contributed by atoms with van der Waals surface area (Å²) < 4.78 is 5.41. The lowest BCUT2D eigenvalue weighted by Crippen LogP contribution is -2.08. The van der Waals surface area contributed by atoms with Gasteiger partial charge in [-0.3, -0.25) is 0 Å². The largest absolute Gasteiger partial charge is 0.508 e. The number of thiocarbonyl (C=S) groups is 1. The van der Waals surface area contributed by atoms with Crippen LogP contribution in [0.25, 0.3) is 0 Å². The maximum atomic E-state index is 9.26. The Morgan fingerprint density at radius 2 is 1.61 bits per heavy atom. The van der Waals surface area contributed by atoms with Crippen molar-refractivity contribution < 1.29 is 9.84 Å². The van der Waals surface area contributed by atoms with E-state index in [9.17, 15) is 5.11 Å². The monoisotopic (exact) mass is 328 g/mol. The minimum Gasteiger partial charge on any atom is -0.508 e. The van der Waals surface area contributed by atoms with Gasteiger partial charge in [0, 0.05) is 17.1 Å². The van der Waals surface area contributed by atoms with Crippen LogP contribution in [0.5, 0.6) is 11.5 Å². The first kappa shape index (κ1) is 16.8. The average Bonchev–Trinajstić information content (AvgIpc) is 2.51. The molecule has 0 saturated carbocycles. The van der Waals surface area contributed by atoms with E-state index in [4.69, 9.17) is 17.0 Å². The first-order chi connectivity index (χ1) is 11.1. The fraction of sp³-hybridized carbons (Fsp3) is 0.167. The third kappa shape index (κ3) is 5.64. The van der Waals surface area contributed by atoms with Gasteiger partial charge in [-0.2, -0.15) is 0 Å². The molecule has 5 heteroatoms. The van der Waals surface area contributed by atoms with Gasteiger partial charge in [-0.15, -0.1) is 0 Å². The molecule has 0 aliphatic carbocycles. The number of allylic oxidation sites excluding steroid dienone is 1. The van der Waals surface area contributed by atoms with Gasteiger partial charge < -0.3 is 20.5 Å². The van der Waals surface area contributed by atoms with Crippen LogP contribution in [0.2, 0.25) is 0 Å². The van der Waals surface area contributed by atoms with Crippen LogP contribution in [0.4, 0.5) is 11.4 Å². The number of rotatable bonds is 6. The van der Waals surface area contributed by atoms with Gasteiger partial charge in [0.25, 0.3) is 0 Å². The Kier molecular flexibility index (Phi) is 6.00. The zero-order valence-electron chi connectivity index (χ0n) is 13.2. The summed E-state index contributed by atoms with van der Waals surface area (Å²) in [6.07, 6.45) is 1.85. The molecule has 23 heavy (non-hydrogen) atoms. The molecule has 3 N–H and O–H groups in total. The quantitative estimate of drug-likeness (QED) is 0.413. The molecule has 120 valence electrons. The molecule has 0 spiro atoms. The maximum absolute atomic E-state index is 9.26. The van der Waals surface area contributed by atoms with E-state index < -0.39 is 0 Å². The molecule has 2 rings (SSSR count). The van der Waals surface area contributed by atoms with E-state index in [1.807, 2.05) is 44.2 Å². The summed E-state index contributed by atoms with van der Waals surface area (Å²) in [5.74, 6) is 1.08. The highest BCUT2D eigenvalue weighted by Crippen LogP contribution is 2.17. The second-order valence-corrected chi connectivity index (χ2v) is 5.39. The molecule has 2 aromatic carbocycles. The van der Waals surface area contributed by atoms with Crippen molar-refractivity contribution in [3.05, 3.63) is 60.3 Å². The number of benzene rings is 2. The van der Waals surface area contributed by atoms with Gasteiger partial charge in [-0.25, -0.2) is 0 Å². The van der Waals surface area contributed by atoms with Gasteiger partial charge in [0.15, 0.2) is 0 Å². The predicted molar refractivity (Wildman–Crippen MR) is 99.3 cm³/mol. The summed E-state index contributed by atoms with van der Waals surface area (Å²) in [4.78, 5) is 0.589. The number of aromatic hydroxyl groups is 1. The smallest absolute Gasteiger partial charge is 0.119 e. The Labute approximate surface area is 141 Å². The number of nitrogens with one attached hydrogen (secondary N) is 2. The Bertz CT molecular complexity index is 679. The van der Waals surface area contributed by atoms with Crippen LogP contribution in [0.1, 0.15) is 13.8 Å². The van der Waals surface area contributed by atoms with Gasteiger partial charge in [0.05, 0.1) is 6.61 Å². The molecule has 0 unspecified atom stereocenters. The van der Waals surface area contributed by atoms with Gasteiger partial charge in [-0.1, -0.05) is 12.2 Å². The highest BCUT2D eigenvalue weighted by molar-refractivity contribution is 7.81. The molecule has 0 heterocycles. The van der Waals surface area contributed by atoms with E-state index in [1.165, 1.54) is 0 Å². The lowest BCUT2D eigenvalue weighted by atomic mass is 10.3. The third-order valence-corrected chi connectivity index (χ3v) is 3.21. The van der Waals surface area contributed by atoms with Crippen molar-refractivity contribution in [3.8, 4) is 11.5 Å². The standard InChI is InChI=1S/C18H20N2O2S/c1-3-22-17-10-6-14(7-11-17)19-13(2)12-18(23)20-15-4-8-16(21)9-5-15/h4-12,19,21H,3H2,1-2H3,(H,20,23). The third-order valence-electron chi connectivity index (χ3n) is 2.99. The summed E-state index contributed by atoms with van der Waals surface area (Å²) >= 11 is 5.31. The van der Waals surface area contributed by atoms with Crippen molar-refractivity contribution >= 4 is 28.6 Å². The molecule has 2 aromatic rings. The van der Waals surface area contributed by atoms with E-state index in [0.29, 0.717) is 11.6 Å². The number of hydrogen-bond donors (Lipinski definition) is 3. The molecule has 4 nitrogen and oxygen atoms in total. The molecule has 0 aromatic heterocycles. The van der Waals surface area contributed by atoms with Crippen LogP contribution >= 0.6 is 12.2 Å². The highest BCUT2D eigenvalue weighted by atomic mass is 32.1. The summed E-state index contributed by atoms with van der Waals surface area (Å²) in [7, 11) is 0. The van der Waals surface area contributed by atoms with E-state index in [0.717, 1.165) is 22.8 Å². The molecular weight excluding hydrogens is 308 g/mol. The Morgan fingerprint density at radius 3 is 2.22 bits per heavy atom. The van der Waals surface area contributed by atoms with E-state index in [2.05, 4.69) is 10.6 Å². The zero-order chi connectivity index (χ0) is 16.7. The topological polar surface area (TPSA) is 53.5 Å². The van der Waals surface area contributed by atoms with Crippen molar-refractivity contribution in [3.63, 3.8) is 0 Å². The SMILES string of the molecule is CCOc1ccc(NC(C)=CC(=S)Nc2ccc(O)cc2)cc1. The minimum absolute atomic E-state index is 0.227. The van der Waals surface area contributed by atoms with Crippen LogP contribution < -0.4 is 15.4 Å². The van der Waals surface area contributed by atoms with Crippen LogP contribution in [0.15, 0.2) is 60.3 Å². The fourth-order valence-electron chi connectivity index (χ4n) is 1.98. The first-order valence-corrected chi connectivity index (χ1v) is 7.76. The Balaban J connectivity index is 1.93. The van der Waals surface area contributed by atoms with Gasteiger partial charge in [0.2, 0.25) is 0 Å². The van der Waals surface area contributed by atoms with E-state index in [-0.39, 0.29) is 5.75 Å². The van der Waals surface area contributed by atoms with Crippen LogP contribution in [-0.2, 0) is 0 Å². The molecule has 0 bridgehead atoms. The van der Waals surface area contributed by atoms with Crippen molar-refractivity contribution in [1.82, 2.24) is 0 Å². The molecule has 0 radical (unpaired) electrons. The normalized spacial score (nSPS) is 11.0. The number of anilines is 2. The Morgan fingerprint density at radius 1 is 1.04 bits per heavy atom. The molecule has 0 fully saturated rings. The predicted octanol–water partition coefficient (Wildman–Crippen LogP) is 4.55. The molecule has 0 amide bonds. The number of hydrogen-bond acceptors (Lipinski definition) is 4. The number of phenols is 1. The Hall–Kier alpha value is -2.53. The van der Waals surface area contributed by atoms with Crippen molar-refractivity contribution in [1.29, 1.82) is 0 Å². The zero-order valence-corrected chi connectivity index (χ0v) is 14.0. The average molecular weight is 328 g/mol. The van der Waals surface area contributed by atoms with Gasteiger partial charge >= 0.3 is 0 Å². The number of phenolic OH excluding ortho intramolecular Hbond substituents is 1. The van der Waals surface area contributed by atoms with Gasteiger partial charge in [0.1, 0.15) is 16.5 Å². The minimum atomic E-state index is 0.227. The van der Waals surface area contributed by atoms with Crippen molar-refractivity contribution in [2.24, 2.45) is 0 Å². The lowest BCUT2D eigenvalue weighted by molar-refractivity contribution is 0.340. The highest BCUT2D eigenvalue weighted by Gasteiger charge is 1.99. The molecule has 0 atom stereocenters. The fourth-order valence-corrected chi connectivity index (χ4v) is 2.28. The van der Waals surface area contributed by atoms with Crippen molar-refractivity contribution in [2.75, 3.05) is 17.2 Å².